The van der Waals surface area contributed by atoms with Crippen molar-refractivity contribution in [3.63, 3.8) is 0 Å². The number of hydrogen-bond donors (Lipinski definition) is 1. The molecule has 2 N–H and O–H groups in total. The van der Waals surface area contributed by atoms with Crippen LogP contribution in [0.3, 0.4) is 0 Å². The minimum Gasteiger partial charge on any atom is -0.380 e. The van der Waals surface area contributed by atoms with Crippen LogP contribution >= 0.6 is 22.6 Å². The summed E-state index contributed by atoms with van der Waals surface area (Å²) in [4.78, 5) is 4.45. The van der Waals surface area contributed by atoms with Crippen molar-refractivity contribution in [2.24, 2.45) is 0 Å². The summed E-state index contributed by atoms with van der Waals surface area (Å²) in [5.41, 5.74) is 10.1. The van der Waals surface area contributed by atoms with Crippen molar-refractivity contribution >= 4 is 39.6 Å². The van der Waals surface area contributed by atoms with E-state index >= 15 is 0 Å². The first-order valence-electron chi connectivity index (χ1n) is 6.21. The molecule has 0 radical (unpaired) electrons. The molecule has 0 spiro atoms. The minimum absolute atomic E-state index is 0.491. The van der Waals surface area contributed by atoms with Crippen molar-refractivity contribution in [1.29, 1.82) is 0 Å². The molecule has 0 fully saturated rings. The molecule has 1 aromatic heterocycles. The molecule has 1 heterocycles. The maximum Gasteiger partial charge on any atom is 0.205 e. The summed E-state index contributed by atoms with van der Waals surface area (Å²) in [5, 5.41) is 0. The van der Waals surface area contributed by atoms with Gasteiger partial charge in [0, 0.05) is 16.2 Å². The van der Waals surface area contributed by atoms with E-state index in [1.165, 1.54) is 0 Å². The molecule has 0 atom stereocenters. The van der Waals surface area contributed by atoms with E-state index in [0.717, 1.165) is 25.9 Å². The largest absolute Gasteiger partial charge is 0.380 e. The highest BCUT2D eigenvalue weighted by Crippen LogP contribution is 2.26. The summed E-state index contributed by atoms with van der Waals surface area (Å²) in [7, 11) is 1.69. The Morgan fingerprint density at radius 2 is 2.05 bits per heavy atom. The molecule has 0 bridgehead atoms. The number of imidazole rings is 1. The third-order valence-electron chi connectivity index (χ3n) is 3.17. The summed E-state index contributed by atoms with van der Waals surface area (Å²) in [6.07, 6.45) is 0. The predicted molar refractivity (Wildman–Crippen MR) is 88.9 cm³/mol. The maximum absolute atomic E-state index is 6.11. The zero-order chi connectivity index (χ0) is 14.1. The average Bonchev–Trinajstić information content (AvgIpc) is 2.75. The number of nitrogens with two attached hydrogens (primary N) is 1. The molecule has 2 aromatic carbocycles. The Bertz CT molecular complexity index is 767. The Hall–Kier alpha value is -1.60. The topological polar surface area (TPSA) is 53.1 Å². The molecule has 0 amide bonds. The van der Waals surface area contributed by atoms with Crippen molar-refractivity contribution < 1.29 is 4.74 Å². The van der Waals surface area contributed by atoms with Gasteiger partial charge in [-0.1, -0.05) is 18.2 Å². The summed E-state index contributed by atoms with van der Waals surface area (Å²) in [6, 6.07) is 14.2. The predicted octanol–water partition coefficient (Wildman–Crippen LogP) is 3.36. The van der Waals surface area contributed by atoms with E-state index in [2.05, 4.69) is 33.6 Å². The number of nitrogens with zero attached hydrogens (tertiary/aromatic N) is 2. The number of aromatic nitrogens is 2. The lowest BCUT2D eigenvalue weighted by Crippen LogP contribution is -2.04. The second-order valence-electron chi connectivity index (χ2n) is 4.50. The molecule has 0 unspecified atom stereocenters. The smallest absolute Gasteiger partial charge is 0.205 e. The first-order chi connectivity index (χ1) is 9.70. The van der Waals surface area contributed by atoms with Crippen molar-refractivity contribution in [2.45, 2.75) is 6.61 Å². The summed E-state index contributed by atoms with van der Waals surface area (Å²) < 4.78 is 8.38. The quantitative estimate of drug-likeness (QED) is 0.711. The molecular weight excluding hydrogens is 365 g/mol. The summed E-state index contributed by atoms with van der Waals surface area (Å²) >= 11 is 2.27. The van der Waals surface area contributed by atoms with Gasteiger partial charge in [0.15, 0.2) is 0 Å². The lowest BCUT2D eigenvalue weighted by molar-refractivity contribution is 0.185. The van der Waals surface area contributed by atoms with Crippen molar-refractivity contribution in [2.75, 3.05) is 12.8 Å². The second kappa shape index (κ2) is 5.41. The van der Waals surface area contributed by atoms with Crippen LogP contribution in [0.1, 0.15) is 5.56 Å². The van der Waals surface area contributed by atoms with Crippen LogP contribution in [0.5, 0.6) is 0 Å². The molecule has 0 aliphatic rings. The number of methoxy groups -OCH3 is 1. The first kappa shape index (κ1) is 13.4. The number of halogens is 1. The molecule has 0 saturated heterocycles. The Balaban J connectivity index is 2.27. The lowest BCUT2D eigenvalue weighted by Gasteiger charge is -2.12. The van der Waals surface area contributed by atoms with Crippen molar-refractivity contribution in [3.05, 3.63) is 51.6 Å². The molecule has 5 heteroatoms. The highest BCUT2D eigenvalue weighted by atomic mass is 127. The van der Waals surface area contributed by atoms with Gasteiger partial charge in [-0.05, 0) is 46.9 Å². The normalized spacial score (nSPS) is 11.1. The number of fused-ring (bicyclic) bond motifs is 1. The molecular formula is C15H14IN3O. The summed E-state index contributed by atoms with van der Waals surface area (Å²) in [5.74, 6) is 0.491. The van der Waals surface area contributed by atoms with Crippen LogP contribution in [0.2, 0.25) is 0 Å². The molecule has 4 nitrogen and oxygen atoms in total. The monoisotopic (exact) mass is 379 g/mol. The van der Waals surface area contributed by atoms with Gasteiger partial charge in [-0.2, -0.15) is 0 Å². The SMILES string of the molecule is COCc1ccccc1-n1c(N)nc2cc(I)ccc21. The number of rotatable bonds is 3. The van der Waals surface area contributed by atoms with Gasteiger partial charge in [0.1, 0.15) is 0 Å². The van der Waals surface area contributed by atoms with E-state index in [1.54, 1.807) is 7.11 Å². The van der Waals surface area contributed by atoms with Crippen LogP contribution < -0.4 is 5.73 Å². The Morgan fingerprint density at radius 3 is 2.85 bits per heavy atom. The third-order valence-corrected chi connectivity index (χ3v) is 3.85. The van der Waals surface area contributed by atoms with Crippen LogP contribution in [-0.4, -0.2) is 16.7 Å². The molecule has 0 aliphatic carbocycles. The molecule has 0 aliphatic heterocycles. The third kappa shape index (κ3) is 2.27. The zero-order valence-corrected chi connectivity index (χ0v) is 13.2. The fraction of sp³-hybridized carbons (Fsp3) is 0.133. The maximum atomic E-state index is 6.11. The molecule has 3 rings (SSSR count). The Kier molecular flexibility index (Phi) is 3.62. The zero-order valence-electron chi connectivity index (χ0n) is 11.0. The van der Waals surface area contributed by atoms with Gasteiger partial charge < -0.3 is 10.5 Å². The molecule has 0 saturated carbocycles. The van der Waals surface area contributed by atoms with Gasteiger partial charge in [-0.3, -0.25) is 4.57 Å². The van der Waals surface area contributed by atoms with E-state index in [1.807, 2.05) is 41.0 Å². The van der Waals surface area contributed by atoms with Crippen LogP contribution in [0, 0.1) is 3.57 Å². The van der Waals surface area contributed by atoms with E-state index < -0.39 is 0 Å². The fourth-order valence-corrected chi connectivity index (χ4v) is 2.81. The highest BCUT2D eigenvalue weighted by Gasteiger charge is 2.13. The van der Waals surface area contributed by atoms with E-state index in [0.29, 0.717) is 12.6 Å². The number of benzene rings is 2. The Morgan fingerprint density at radius 1 is 1.25 bits per heavy atom. The molecule has 102 valence electrons. The van der Waals surface area contributed by atoms with Gasteiger partial charge >= 0.3 is 0 Å². The number of nitrogen functional groups attached to an aromatic ring is 1. The molecule has 20 heavy (non-hydrogen) atoms. The standard InChI is InChI=1S/C15H14IN3O/c1-20-9-10-4-2-3-5-13(10)19-14-7-6-11(16)8-12(14)18-15(19)17/h2-8H,9H2,1H3,(H2,17,18). The van der Waals surface area contributed by atoms with E-state index in [4.69, 9.17) is 10.5 Å². The van der Waals surface area contributed by atoms with Gasteiger partial charge in [-0.15, -0.1) is 0 Å². The van der Waals surface area contributed by atoms with E-state index in [-0.39, 0.29) is 0 Å². The minimum atomic E-state index is 0.491. The molecule has 3 aromatic rings. The number of anilines is 1. The van der Waals surface area contributed by atoms with Gasteiger partial charge in [0.25, 0.3) is 0 Å². The van der Waals surface area contributed by atoms with Gasteiger partial charge in [0.05, 0.1) is 23.3 Å². The number of ether oxygens (including phenoxy) is 1. The van der Waals surface area contributed by atoms with Crippen LogP contribution in [-0.2, 0) is 11.3 Å². The number of hydrogen-bond acceptors (Lipinski definition) is 3. The average molecular weight is 379 g/mol. The first-order valence-corrected chi connectivity index (χ1v) is 7.29. The lowest BCUT2D eigenvalue weighted by atomic mass is 10.2. The van der Waals surface area contributed by atoms with Gasteiger partial charge in [0.2, 0.25) is 5.95 Å². The fourth-order valence-electron chi connectivity index (χ4n) is 2.33. The number of para-hydroxylation sites is 1. The van der Waals surface area contributed by atoms with Gasteiger partial charge in [-0.25, -0.2) is 4.98 Å². The van der Waals surface area contributed by atoms with Crippen LogP contribution in [0.15, 0.2) is 42.5 Å². The van der Waals surface area contributed by atoms with Crippen LogP contribution in [0.4, 0.5) is 5.95 Å². The van der Waals surface area contributed by atoms with Crippen molar-refractivity contribution in [1.82, 2.24) is 9.55 Å². The summed E-state index contributed by atoms with van der Waals surface area (Å²) in [6.45, 7) is 0.541. The highest BCUT2D eigenvalue weighted by molar-refractivity contribution is 14.1. The van der Waals surface area contributed by atoms with E-state index in [9.17, 15) is 0 Å². The Labute approximate surface area is 130 Å². The second-order valence-corrected chi connectivity index (χ2v) is 5.75. The van der Waals surface area contributed by atoms with Crippen LogP contribution in [0.25, 0.3) is 16.7 Å². The van der Waals surface area contributed by atoms with Crippen molar-refractivity contribution in [3.8, 4) is 5.69 Å².